The summed E-state index contributed by atoms with van der Waals surface area (Å²) in [6.07, 6.45) is 0.792. The van der Waals surface area contributed by atoms with Crippen molar-refractivity contribution in [2.45, 2.75) is 19.4 Å². The third kappa shape index (κ3) is 4.37. The molecule has 2 aliphatic heterocycles. The molecule has 0 spiro atoms. The van der Waals surface area contributed by atoms with E-state index in [4.69, 9.17) is 13.9 Å². The van der Waals surface area contributed by atoms with E-state index in [1.54, 1.807) is 23.1 Å². The zero-order valence-corrected chi connectivity index (χ0v) is 20.7. The Bertz CT molecular complexity index is 1270. The Hall–Kier alpha value is -2.68. The molecule has 1 aromatic heterocycles. The van der Waals surface area contributed by atoms with Crippen LogP contribution in [0.4, 0.5) is 0 Å². The van der Waals surface area contributed by atoms with Crippen LogP contribution in [-0.2, 0) is 4.74 Å². The Balaban J connectivity index is 1.54. The molecule has 1 saturated heterocycles. The van der Waals surface area contributed by atoms with Crippen molar-refractivity contribution in [3.63, 3.8) is 0 Å². The van der Waals surface area contributed by atoms with Gasteiger partial charge in [-0.25, -0.2) is 0 Å². The predicted molar refractivity (Wildman–Crippen MR) is 133 cm³/mol. The number of hydrogen-bond donors (Lipinski definition) is 0. The van der Waals surface area contributed by atoms with E-state index in [0.717, 1.165) is 49.3 Å². The lowest BCUT2D eigenvalue weighted by atomic mass is 9.98. The van der Waals surface area contributed by atoms with Crippen LogP contribution in [0.25, 0.3) is 11.0 Å². The van der Waals surface area contributed by atoms with E-state index in [2.05, 4.69) is 20.8 Å². The second-order valence-corrected chi connectivity index (χ2v) is 9.44. The average molecular weight is 527 g/mol. The Kier molecular flexibility index (Phi) is 6.72. The maximum Gasteiger partial charge on any atom is 0.290 e. The summed E-state index contributed by atoms with van der Waals surface area (Å²) < 4.78 is 18.0. The zero-order valence-electron chi connectivity index (χ0n) is 19.1. The number of halogens is 1. The molecular weight excluding hydrogens is 500 g/mol. The van der Waals surface area contributed by atoms with E-state index in [1.807, 2.05) is 31.2 Å². The molecule has 3 aromatic rings. The van der Waals surface area contributed by atoms with Gasteiger partial charge in [-0.05, 0) is 49.2 Å². The normalized spacial score (nSPS) is 18.5. The van der Waals surface area contributed by atoms with Crippen molar-refractivity contribution < 1.29 is 18.7 Å². The predicted octanol–water partition coefficient (Wildman–Crippen LogP) is 4.22. The molecule has 178 valence electrons. The van der Waals surface area contributed by atoms with Crippen LogP contribution in [0.2, 0.25) is 0 Å². The van der Waals surface area contributed by atoms with Crippen molar-refractivity contribution in [2.75, 3.05) is 46.0 Å². The number of ether oxygens (including phenoxy) is 2. The van der Waals surface area contributed by atoms with E-state index in [9.17, 15) is 9.59 Å². The highest BCUT2D eigenvalue weighted by molar-refractivity contribution is 9.10. The average Bonchev–Trinajstić information content (AvgIpc) is 3.13. The van der Waals surface area contributed by atoms with Crippen molar-refractivity contribution in [3.8, 4) is 5.75 Å². The van der Waals surface area contributed by atoms with Crippen LogP contribution in [0.15, 0.2) is 56.1 Å². The molecule has 34 heavy (non-hydrogen) atoms. The number of amides is 1. The fourth-order valence-corrected chi connectivity index (χ4v) is 5.16. The molecule has 0 unspecified atom stereocenters. The lowest BCUT2D eigenvalue weighted by Crippen LogP contribution is -2.38. The minimum Gasteiger partial charge on any atom is -0.494 e. The van der Waals surface area contributed by atoms with E-state index >= 15 is 0 Å². The van der Waals surface area contributed by atoms with Crippen LogP contribution in [-0.4, -0.2) is 61.7 Å². The highest BCUT2D eigenvalue weighted by Gasteiger charge is 2.42. The van der Waals surface area contributed by atoms with E-state index in [-0.39, 0.29) is 17.1 Å². The summed E-state index contributed by atoms with van der Waals surface area (Å²) in [6, 6.07) is 12.4. The molecule has 1 atom stereocenters. The molecule has 0 radical (unpaired) electrons. The smallest absolute Gasteiger partial charge is 0.290 e. The molecule has 1 amide bonds. The lowest BCUT2D eigenvalue weighted by Gasteiger charge is -2.29. The first-order valence-corrected chi connectivity index (χ1v) is 12.5. The third-order valence-corrected chi connectivity index (χ3v) is 6.88. The van der Waals surface area contributed by atoms with E-state index in [0.29, 0.717) is 35.4 Å². The molecule has 0 aliphatic carbocycles. The molecule has 2 aliphatic rings. The van der Waals surface area contributed by atoms with Gasteiger partial charge in [0.05, 0.1) is 36.8 Å². The summed E-state index contributed by atoms with van der Waals surface area (Å²) >= 11 is 3.44. The number of nitrogens with zero attached hydrogens (tertiary/aromatic N) is 2. The number of carbonyl (C=O) groups excluding carboxylic acids is 1. The quantitative estimate of drug-likeness (QED) is 0.458. The molecule has 0 bridgehead atoms. The number of benzene rings is 2. The maximum absolute atomic E-state index is 13.7. The van der Waals surface area contributed by atoms with Gasteiger partial charge in [0.2, 0.25) is 5.76 Å². The fourth-order valence-electron chi connectivity index (χ4n) is 4.80. The molecular formula is C26H27BrN2O5. The maximum atomic E-state index is 13.7. The number of morpholine rings is 1. The number of fused-ring (bicyclic) bond motifs is 2. The van der Waals surface area contributed by atoms with E-state index in [1.165, 1.54) is 0 Å². The monoisotopic (exact) mass is 526 g/mol. The topological polar surface area (TPSA) is 72.2 Å². The van der Waals surface area contributed by atoms with Gasteiger partial charge in [0.25, 0.3) is 5.91 Å². The summed E-state index contributed by atoms with van der Waals surface area (Å²) in [7, 11) is 0. The summed E-state index contributed by atoms with van der Waals surface area (Å²) in [6.45, 7) is 7.12. The largest absolute Gasteiger partial charge is 0.494 e. The summed E-state index contributed by atoms with van der Waals surface area (Å²) in [5, 5.41) is 0.460. The second-order valence-electron chi connectivity index (χ2n) is 8.53. The summed E-state index contributed by atoms with van der Waals surface area (Å²) in [4.78, 5) is 31.3. The Morgan fingerprint density at radius 3 is 2.71 bits per heavy atom. The fraction of sp³-hybridized carbons (Fsp3) is 0.385. The second kappa shape index (κ2) is 9.90. The Labute approximate surface area is 206 Å². The summed E-state index contributed by atoms with van der Waals surface area (Å²) in [5.41, 5.74) is 1.48. The summed E-state index contributed by atoms with van der Waals surface area (Å²) in [5.74, 6) is 0.603. The lowest BCUT2D eigenvalue weighted by molar-refractivity contribution is 0.0353. The highest BCUT2D eigenvalue weighted by atomic mass is 79.9. The van der Waals surface area contributed by atoms with Crippen LogP contribution in [0.3, 0.4) is 0 Å². The number of carbonyl (C=O) groups is 1. The molecule has 2 aromatic carbocycles. The molecule has 0 N–H and O–H groups in total. The third-order valence-electron chi connectivity index (χ3n) is 6.39. The number of rotatable bonds is 7. The first kappa shape index (κ1) is 23.1. The van der Waals surface area contributed by atoms with Crippen LogP contribution < -0.4 is 10.2 Å². The van der Waals surface area contributed by atoms with Crippen molar-refractivity contribution in [1.82, 2.24) is 9.80 Å². The van der Waals surface area contributed by atoms with Gasteiger partial charge >= 0.3 is 0 Å². The molecule has 0 saturated carbocycles. The van der Waals surface area contributed by atoms with Gasteiger partial charge in [0.1, 0.15) is 11.3 Å². The highest BCUT2D eigenvalue weighted by Crippen LogP contribution is 2.39. The molecule has 1 fully saturated rings. The van der Waals surface area contributed by atoms with Gasteiger partial charge in [-0.1, -0.05) is 28.1 Å². The number of hydrogen-bond acceptors (Lipinski definition) is 6. The zero-order chi connectivity index (χ0) is 23.7. The van der Waals surface area contributed by atoms with Crippen molar-refractivity contribution in [3.05, 3.63) is 74.0 Å². The SMILES string of the molecule is CCOc1cccc([C@H]2c3c(oc4ccc(Br)cc4c3=O)C(=O)N2CCCN2CCOCC2)c1. The van der Waals surface area contributed by atoms with E-state index < -0.39 is 6.04 Å². The van der Waals surface area contributed by atoms with Crippen LogP contribution >= 0.6 is 15.9 Å². The van der Waals surface area contributed by atoms with Crippen molar-refractivity contribution in [1.29, 1.82) is 0 Å². The molecule has 3 heterocycles. The van der Waals surface area contributed by atoms with Crippen molar-refractivity contribution >= 4 is 32.8 Å². The van der Waals surface area contributed by atoms with Gasteiger partial charge in [0, 0.05) is 30.7 Å². The van der Waals surface area contributed by atoms with Crippen LogP contribution in [0.1, 0.15) is 41.1 Å². The minimum atomic E-state index is -0.521. The van der Waals surface area contributed by atoms with Crippen LogP contribution in [0.5, 0.6) is 5.75 Å². The molecule has 7 nitrogen and oxygen atoms in total. The van der Waals surface area contributed by atoms with Gasteiger partial charge in [-0.2, -0.15) is 0 Å². The van der Waals surface area contributed by atoms with Gasteiger partial charge in [0.15, 0.2) is 5.43 Å². The molecule has 5 rings (SSSR count). The van der Waals surface area contributed by atoms with Gasteiger partial charge in [-0.15, -0.1) is 0 Å². The van der Waals surface area contributed by atoms with Gasteiger partial charge in [-0.3, -0.25) is 14.5 Å². The van der Waals surface area contributed by atoms with Crippen LogP contribution in [0, 0.1) is 0 Å². The minimum absolute atomic E-state index is 0.137. The Morgan fingerprint density at radius 1 is 1.09 bits per heavy atom. The standard InChI is InChI=1S/C26H27BrN2O5/c1-2-33-19-6-3-5-17(15-19)23-22-24(30)20-16-18(27)7-8-21(20)34-25(22)26(31)29(23)10-4-9-28-11-13-32-14-12-28/h3,5-8,15-16,23H,2,4,9-14H2,1H3/t23-/m0/s1. The molecule has 8 heteroatoms. The Morgan fingerprint density at radius 2 is 1.91 bits per heavy atom. The van der Waals surface area contributed by atoms with Crippen molar-refractivity contribution in [2.24, 2.45) is 0 Å². The first-order valence-electron chi connectivity index (χ1n) is 11.7. The van der Waals surface area contributed by atoms with Gasteiger partial charge < -0.3 is 18.8 Å². The first-order chi connectivity index (χ1) is 16.6.